The summed E-state index contributed by atoms with van der Waals surface area (Å²) >= 11 is 0. The summed E-state index contributed by atoms with van der Waals surface area (Å²) in [5, 5.41) is 3.48. The van der Waals surface area contributed by atoms with Crippen LogP contribution in [-0.2, 0) is 0 Å². The van der Waals surface area contributed by atoms with Crippen LogP contribution < -0.4 is 5.32 Å². The van der Waals surface area contributed by atoms with Gasteiger partial charge in [0.1, 0.15) is 0 Å². The first kappa shape index (κ1) is 14.3. The summed E-state index contributed by atoms with van der Waals surface area (Å²) in [5.41, 5.74) is 0. The van der Waals surface area contributed by atoms with Gasteiger partial charge in [0.05, 0.1) is 0 Å². The van der Waals surface area contributed by atoms with Crippen molar-refractivity contribution in [1.82, 2.24) is 15.1 Å². The van der Waals surface area contributed by atoms with Gasteiger partial charge in [0.15, 0.2) is 0 Å². The third-order valence-corrected chi connectivity index (χ3v) is 5.00. The van der Waals surface area contributed by atoms with E-state index >= 15 is 0 Å². The smallest absolute Gasteiger partial charge is 0.0121 e. The lowest BCUT2D eigenvalue weighted by atomic mass is 9.81. The molecule has 1 unspecified atom stereocenters. The molecule has 0 aromatic rings. The minimum Gasteiger partial charge on any atom is -0.317 e. The normalized spacial score (nSPS) is 26.7. The Morgan fingerprint density at radius 2 is 1.72 bits per heavy atom. The Balaban J connectivity index is 1.86. The number of nitrogens with zero attached hydrogens (tertiary/aromatic N) is 2. The SMILES string of the molecule is CN1CCC(C(CC2CCNCC2)N(C)C)CC1. The monoisotopic (exact) mass is 253 g/mol. The molecule has 3 nitrogen and oxygen atoms in total. The van der Waals surface area contributed by atoms with Crippen molar-refractivity contribution in [2.24, 2.45) is 11.8 Å². The van der Waals surface area contributed by atoms with Crippen LogP contribution in [0.3, 0.4) is 0 Å². The third kappa shape index (κ3) is 3.94. The third-order valence-electron chi connectivity index (χ3n) is 5.00. The lowest BCUT2D eigenvalue weighted by molar-refractivity contribution is 0.107. The van der Waals surface area contributed by atoms with Gasteiger partial charge in [0.25, 0.3) is 0 Å². The molecule has 2 fully saturated rings. The van der Waals surface area contributed by atoms with Gasteiger partial charge in [-0.25, -0.2) is 0 Å². The van der Waals surface area contributed by atoms with Crippen molar-refractivity contribution in [1.29, 1.82) is 0 Å². The minimum atomic E-state index is 0.807. The van der Waals surface area contributed by atoms with Crippen LogP contribution in [0.25, 0.3) is 0 Å². The molecule has 106 valence electrons. The average molecular weight is 253 g/mol. The fraction of sp³-hybridized carbons (Fsp3) is 1.00. The van der Waals surface area contributed by atoms with Gasteiger partial charge in [0, 0.05) is 6.04 Å². The Hall–Kier alpha value is -0.120. The maximum atomic E-state index is 3.48. The van der Waals surface area contributed by atoms with Gasteiger partial charge >= 0.3 is 0 Å². The van der Waals surface area contributed by atoms with E-state index < -0.39 is 0 Å². The number of rotatable bonds is 4. The van der Waals surface area contributed by atoms with Gasteiger partial charge in [-0.3, -0.25) is 0 Å². The molecule has 2 aliphatic heterocycles. The molecule has 2 aliphatic rings. The van der Waals surface area contributed by atoms with Crippen LogP contribution in [0.4, 0.5) is 0 Å². The summed E-state index contributed by atoms with van der Waals surface area (Å²) in [6, 6.07) is 0.807. The molecule has 2 saturated heterocycles. The number of piperidine rings is 2. The van der Waals surface area contributed by atoms with E-state index in [2.05, 4.69) is 36.3 Å². The van der Waals surface area contributed by atoms with E-state index in [-0.39, 0.29) is 0 Å². The van der Waals surface area contributed by atoms with Crippen molar-refractivity contribution in [3.05, 3.63) is 0 Å². The first-order valence-corrected chi connectivity index (χ1v) is 7.72. The predicted molar refractivity (Wildman–Crippen MR) is 77.9 cm³/mol. The molecule has 0 aliphatic carbocycles. The topological polar surface area (TPSA) is 18.5 Å². The highest BCUT2D eigenvalue weighted by molar-refractivity contribution is 4.84. The van der Waals surface area contributed by atoms with Crippen molar-refractivity contribution in [2.45, 2.75) is 38.1 Å². The second-order valence-corrected chi connectivity index (χ2v) is 6.60. The number of likely N-dealkylation sites (tertiary alicyclic amines) is 1. The molecule has 0 amide bonds. The fourth-order valence-electron chi connectivity index (χ4n) is 3.70. The zero-order chi connectivity index (χ0) is 13.0. The highest BCUT2D eigenvalue weighted by atomic mass is 15.1. The van der Waals surface area contributed by atoms with E-state index in [1.54, 1.807) is 0 Å². The molecule has 0 spiro atoms. The first-order valence-electron chi connectivity index (χ1n) is 7.72. The summed E-state index contributed by atoms with van der Waals surface area (Å²) in [6.45, 7) is 5.05. The average Bonchev–Trinajstić information content (AvgIpc) is 2.38. The van der Waals surface area contributed by atoms with Crippen LogP contribution in [0.15, 0.2) is 0 Å². The van der Waals surface area contributed by atoms with Crippen molar-refractivity contribution >= 4 is 0 Å². The lowest BCUT2D eigenvalue weighted by Crippen LogP contribution is -2.43. The molecule has 3 heteroatoms. The quantitative estimate of drug-likeness (QED) is 0.822. The molecule has 0 bridgehead atoms. The van der Waals surface area contributed by atoms with Crippen molar-refractivity contribution in [3.63, 3.8) is 0 Å². The van der Waals surface area contributed by atoms with Crippen molar-refractivity contribution in [3.8, 4) is 0 Å². The Bertz CT molecular complexity index is 228. The number of hydrogen-bond donors (Lipinski definition) is 1. The highest BCUT2D eigenvalue weighted by Crippen LogP contribution is 2.29. The van der Waals surface area contributed by atoms with Gasteiger partial charge < -0.3 is 15.1 Å². The Labute approximate surface area is 113 Å². The van der Waals surface area contributed by atoms with Crippen molar-refractivity contribution in [2.75, 3.05) is 47.3 Å². The highest BCUT2D eigenvalue weighted by Gasteiger charge is 2.29. The van der Waals surface area contributed by atoms with Crippen LogP contribution in [0, 0.1) is 11.8 Å². The Morgan fingerprint density at radius 3 is 2.28 bits per heavy atom. The van der Waals surface area contributed by atoms with Crippen molar-refractivity contribution < 1.29 is 0 Å². The molecular formula is C15H31N3. The molecule has 2 heterocycles. The molecule has 0 aromatic carbocycles. The molecule has 1 atom stereocenters. The zero-order valence-corrected chi connectivity index (χ0v) is 12.5. The summed E-state index contributed by atoms with van der Waals surface area (Å²) < 4.78 is 0. The van der Waals surface area contributed by atoms with Gasteiger partial charge in [-0.05, 0) is 91.3 Å². The lowest BCUT2D eigenvalue weighted by Gasteiger charge is -2.40. The van der Waals surface area contributed by atoms with Gasteiger partial charge in [0.2, 0.25) is 0 Å². The van der Waals surface area contributed by atoms with Crippen LogP contribution in [0.1, 0.15) is 32.1 Å². The van der Waals surface area contributed by atoms with Crippen LogP contribution in [-0.4, -0.2) is 63.2 Å². The van der Waals surface area contributed by atoms with E-state index in [0.29, 0.717) is 0 Å². The largest absolute Gasteiger partial charge is 0.317 e. The van der Waals surface area contributed by atoms with E-state index in [9.17, 15) is 0 Å². The second kappa shape index (κ2) is 6.88. The Morgan fingerprint density at radius 1 is 1.11 bits per heavy atom. The maximum Gasteiger partial charge on any atom is 0.0121 e. The standard InChI is InChI=1S/C15H31N3/c1-17(2)15(12-13-4-8-16-9-5-13)14-6-10-18(3)11-7-14/h13-16H,4-12H2,1-3H3. The minimum absolute atomic E-state index is 0.807. The van der Waals surface area contributed by atoms with Gasteiger partial charge in [-0.2, -0.15) is 0 Å². The number of hydrogen-bond acceptors (Lipinski definition) is 3. The van der Waals surface area contributed by atoms with E-state index in [4.69, 9.17) is 0 Å². The predicted octanol–water partition coefficient (Wildman–Crippen LogP) is 1.65. The molecule has 18 heavy (non-hydrogen) atoms. The van der Waals surface area contributed by atoms with Crippen LogP contribution >= 0.6 is 0 Å². The maximum absolute atomic E-state index is 3.48. The van der Waals surface area contributed by atoms with Crippen LogP contribution in [0.2, 0.25) is 0 Å². The number of nitrogens with one attached hydrogen (secondary N) is 1. The molecular weight excluding hydrogens is 222 g/mol. The second-order valence-electron chi connectivity index (χ2n) is 6.60. The summed E-state index contributed by atoms with van der Waals surface area (Å²) in [4.78, 5) is 4.98. The van der Waals surface area contributed by atoms with E-state index in [1.165, 1.54) is 58.3 Å². The molecule has 1 N–H and O–H groups in total. The van der Waals surface area contributed by atoms with Gasteiger partial charge in [-0.15, -0.1) is 0 Å². The fourth-order valence-corrected chi connectivity index (χ4v) is 3.70. The molecule has 0 saturated carbocycles. The summed E-state index contributed by atoms with van der Waals surface area (Å²) in [5.74, 6) is 1.88. The summed E-state index contributed by atoms with van der Waals surface area (Å²) in [6.07, 6.45) is 6.98. The van der Waals surface area contributed by atoms with Crippen LogP contribution in [0.5, 0.6) is 0 Å². The first-order chi connectivity index (χ1) is 8.66. The Kier molecular flexibility index (Phi) is 5.46. The summed E-state index contributed by atoms with van der Waals surface area (Å²) in [7, 11) is 6.82. The molecule has 2 rings (SSSR count). The van der Waals surface area contributed by atoms with Gasteiger partial charge in [-0.1, -0.05) is 0 Å². The van der Waals surface area contributed by atoms with E-state index in [1.807, 2.05) is 0 Å². The van der Waals surface area contributed by atoms with E-state index in [0.717, 1.165) is 17.9 Å². The molecule has 0 aromatic heterocycles. The zero-order valence-electron chi connectivity index (χ0n) is 12.5. The molecule has 0 radical (unpaired) electrons.